The van der Waals surface area contributed by atoms with Crippen molar-refractivity contribution in [3.8, 4) is 17.9 Å². The van der Waals surface area contributed by atoms with Crippen LogP contribution in [0, 0.1) is 29.0 Å². The van der Waals surface area contributed by atoms with Gasteiger partial charge in [-0.25, -0.2) is 4.39 Å². The van der Waals surface area contributed by atoms with Gasteiger partial charge in [0.2, 0.25) is 0 Å². The third-order valence-corrected chi connectivity index (χ3v) is 2.91. The van der Waals surface area contributed by atoms with Crippen LogP contribution in [-0.4, -0.2) is 38.3 Å². The Morgan fingerprint density at radius 3 is 2.86 bits per heavy atom. The molecule has 0 aliphatic rings. The van der Waals surface area contributed by atoms with Crippen molar-refractivity contribution in [1.29, 1.82) is 5.26 Å². The molecule has 1 aromatic rings. The van der Waals surface area contributed by atoms with Gasteiger partial charge in [-0.05, 0) is 17.7 Å². The maximum absolute atomic E-state index is 13.6. The molecule has 0 spiro atoms. The van der Waals surface area contributed by atoms with E-state index in [1.54, 1.807) is 19.2 Å². The minimum absolute atomic E-state index is 0.200. The van der Waals surface area contributed by atoms with Gasteiger partial charge in [-0.3, -0.25) is 4.90 Å². The standard InChI is InChI=1S/C16H20FN3O/c1-21-11-10-20(9-3-8-19)13-14-5-6-16(17)15(12-14)4-2-7-18/h5-6,12H,3,7,9-11,13,18H2,1H3. The monoisotopic (exact) mass is 289 g/mol. The van der Waals surface area contributed by atoms with Crippen molar-refractivity contribution in [2.75, 3.05) is 33.4 Å². The van der Waals surface area contributed by atoms with E-state index in [1.165, 1.54) is 6.07 Å². The molecule has 0 atom stereocenters. The van der Waals surface area contributed by atoms with Crippen molar-refractivity contribution >= 4 is 0 Å². The van der Waals surface area contributed by atoms with E-state index in [1.807, 2.05) is 0 Å². The van der Waals surface area contributed by atoms with Gasteiger partial charge >= 0.3 is 0 Å². The summed E-state index contributed by atoms with van der Waals surface area (Å²) >= 11 is 0. The minimum Gasteiger partial charge on any atom is -0.383 e. The average molecular weight is 289 g/mol. The molecule has 0 unspecified atom stereocenters. The molecule has 112 valence electrons. The van der Waals surface area contributed by atoms with Crippen LogP contribution in [0.5, 0.6) is 0 Å². The predicted octanol–water partition coefficient (Wildman–Crippen LogP) is 1.50. The first-order chi connectivity index (χ1) is 10.2. The quantitative estimate of drug-likeness (QED) is 0.773. The number of nitriles is 1. The molecule has 1 aromatic carbocycles. The van der Waals surface area contributed by atoms with Gasteiger partial charge < -0.3 is 10.5 Å². The van der Waals surface area contributed by atoms with E-state index in [0.29, 0.717) is 31.7 Å². The molecule has 2 N–H and O–H groups in total. The first kappa shape index (κ1) is 17.1. The summed E-state index contributed by atoms with van der Waals surface area (Å²) in [6.07, 6.45) is 0.449. The molecule has 5 heteroatoms. The molecular formula is C16H20FN3O. The second kappa shape index (κ2) is 9.90. The van der Waals surface area contributed by atoms with Crippen molar-refractivity contribution < 1.29 is 9.13 Å². The Labute approximate surface area is 125 Å². The topological polar surface area (TPSA) is 62.3 Å². The SMILES string of the molecule is COCCN(CCC#N)Cc1ccc(F)c(C#CCN)c1. The number of rotatable bonds is 7. The number of nitrogens with two attached hydrogens (primary N) is 1. The van der Waals surface area contributed by atoms with Crippen molar-refractivity contribution in [1.82, 2.24) is 4.90 Å². The zero-order valence-electron chi connectivity index (χ0n) is 12.2. The van der Waals surface area contributed by atoms with Crippen LogP contribution in [0.3, 0.4) is 0 Å². The van der Waals surface area contributed by atoms with E-state index in [4.69, 9.17) is 15.7 Å². The summed E-state index contributed by atoms with van der Waals surface area (Å²) in [6, 6.07) is 7.00. The molecule has 0 aliphatic heterocycles. The molecule has 0 saturated heterocycles. The van der Waals surface area contributed by atoms with Crippen LogP contribution in [0.2, 0.25) is 0 Å². The van der Waals surface area contributed by atoms with Gasteiger partial charge in [-0.2, -0.15) is 5.26 Å². The molecule has 0 bridgehead atoms. The van der Waals surface area contributed by atoms with Crippen LogP contribution in [0.15, 0.2) is 18.2 Å². The number of halogens is 1. The number of hydrogen-bond donors (Lipinski definition) is 1. The highest BCUT2D eigenvalue weighted by molar-refractivity contribution is 5.38. The lowest BCUT2D eigenvalue weighted by Gasteiger charge is -2.20. The third-order valence-electron chi connectivity index (χ3n) is 2.91. The van der Waals surface area contributed by atoms with Crippen LogP contribution in [0.1, 0.15) is 17.5 Å². The molecule has 1 rings (SSSR count). The third kappa shape index (κ3) is 6.37. The molecule has 0 aromatic heterocycles. The van der Waals surface area contributed by atoms with Gasteiger partial charge in [-0.1, -0.05) is 17.9 Å². The van der Waals surface area contributed by atoms with Crippen molar-refractivity contribution in [3.63, 3.8) is 0 Å². The van der Waals surface area contributed by atoms with E-state index in [-0.39, 0.29) is 12.4 Å². The van der Waals surface area contributed by atoms with Crippen LogP contribution in [-0.2, 0) is 11.3 Å². The Balaban J connectivity index is 2.80. The zero-order valence-corrected chi connectivity index (χ0v) is 12.2. The fraction of sp³-hybridized carbons (Fsp3) is 0.438. The lowest BCUT2D eigenvalue weighted by molar-refractivity contribution is 0.145. The Morgan fingerprint density at radius 1 is 1.38 bits per heavy atom. The molecule has 0 aliphatic carbocycles. The maximum Gasteiger partial charge on any atom is 0.138 e. The first-order valence-corrected chi connectivity index (χ1v) is 6.77. The Bertz CT molecular complexity index is 543. The maximum atomic E-state index is 13.6. The van der Waals surface area contributed by atoms with Gasteiger partial charge in [0.15, 0.2) is 0 Å². The smallest absolute Gasteiger partial charge is 0.138 e. The molecule has 0 amide bonds. The summed E-state index contributed by atoms with van der Waals surface area (Å²) in [6.45, 7) is 2.79. The van der Waals surface area contributed by atoms with Crippen LogP contribution in [0.25, 0.3) is 0 Å². The number of nitrogens with zero attached hydrogens (tertiary/aromatic N) is 2. The summed E-state index contributed by atoms with van der Waals surface area (Å²) in [5, 5.41) is 8.70. The summed E-state index contributed by atoms with van der Waals surface area (Å²) in [4.78, 5) is 2.10. The van der Waals surface area contributed by atoms with E-state index >= 15 is 0 Å². The second-order valence-corrected chi connectivity index (χ2v) is 4.50. The highest BCUT2D eigenvalue weighted by atomic mass is 19.1. The largest absolute Gasteiger partial charge is 0.383 e. The number of ether oxygens (including phenoxy) is 1. The second-order valence-electron chi connectivity index (χ2n) is 4.50. The predicted molar refractivity (Wildman–Crippen MR) is 79.7 cm³/mol. The first-order valence-electron chi connectivity index (χ1n) is 6.77. The van der Waals surface area contributed by atoms with Gasteiger partial charge in [0.05, 0.1) is 24.8 Å². The van der Waals surface area contributed by atoms with Gasteiger partial charge in [0, 0.05) is 33.2 Å². The van der Waals surface area contributed by atoms with Crippen molar-refractivity contribution in [2.24, 2.45) is 5.73 Å². The van der Waals surface area contributed by atoms with E-state index < -0.39 is 0 Å². The highest BCUT2D eigenvalue weighted by Gasteiger charge is 2.08. The van der Waals surface area contributed by atoms with Crippen LogP contribution < -0.4 is 5.73 Å². The fourth-order valence-electron chi connectivity index (χ4n) is 1.87. The Kier molecular flexibility index (Phi) is 8.08. The van der Waals surface area contributed by atoms with Gasteiger partial charge in [0.1, 0.15) is 5.82 Å². The minimum atomic E-state index is -0.347. The molecule has 0 fully saturated rings. The molecule has 4 nitrogen and oxygen atoms in total. The molecule has 0 heterocycles. The molecule has 21 heavy (non-hydrogen) atoms. The Hall–Kier alpha value is -1.92. The average Bonchev–Trinajstić information content (AvgIpc) is 2.50. The summed E-state index contributed by atoms with van der Waals surface area (Å²) in [7, 11) is 1.64. The molecule has 0 saturated carbocycles. The lowest BCUT2D eigenvalue weighted by Crippen LogP contribution is -2.28. The normalized spacial score (nSPS) is 10.0. The highest BCUT2D eigenvalue weighted by Crippen LogP contribution is 2.12. The van der Waals surface area contributed by atoms with E-state index in [2.05, 4.69) is 22.8 Å². The lowest BCUT2D eigenvalue weighted by atomic mass is 10.1. The van der Waals surface area contributed by atoms with E-state index in [9.17, 15) is 4.39 Å². The van der Waals surface area contributed by atoms with Crippen LogP contribution >= 0.6 is 0 Å². The van der Waals surface area contributed by atoms with Crippen molar-refractivity contribution in [3.05, 3.63) is 35.1 Å². The van der Waals surface area contributed by atoms with E-state index in [0.717, 1.165) is 12.1 Å². The fourth-order valence-corrected chi connectivity index (χ4v) is 1.87. The molecular weight excluding hydrogens is 269 g/mol. The number of benzene rings is 1. The van der Waals surface area contributed by atoms with Gasteiger partial charge in [-0.15, -0.1) is 0 Å². The summed E-state index contributed by atoms with van der Waals surface area (Å²) in [5.41, 5.74) is 6.61. The van der Waals surface area contributed by atoms with Gasteiger partial charge in [0.25, 0.3) is 0 Å². The number of hydrogen-bond acceptors (Lipinski definition) is 4. The van der Waals surface area contributed by atoms with Crippen molar-refractivity contribution in [2.45, 2.75) is 13.0 Å². The summed E-state index contributed by atoms with van der Waals surface area (Å²) in [5.74, 6) is 5.04. The summed E-state index contributed by atoms with van der Waals surface area (Å²) < 4.78 is 18.7. The van der Waals surface area contributed by atoms with Crippen LogP contribution in [0.4, 0.5) is 4.39 Å². The zero-order chi connectivity index (χ0) is 15.5. The molecule has 0 radical (unpaired) electrons. The number of methoxy groups -OCH3 is 1. The Morgan fingerprint density at radius 2 is 2.19 bits per heavy atom.